The summed E-state index contributed by atoms with van der Waals surface area (Å²) in [6, 6.07) is 16.7. The molecule has 1 heterocycles. The van der Waals surface area contributed by atoms with Gasteiger partial charge in [0.15, 0.2) is 10.9 Å². The first-order valence-electron chi connectivity index (χ1n) is 7.22. The second kappa shape index (κ2) is 7.83. The lowest BCUT2D eigenvalue weighted by Gasteiger charge is -2.13. The number of rotatable bonds is 4. The first-order chi connectivity index (χ1) is 12.1. The molecule has 3 rings (SSSR count). The lowest BCUT2D eigenvalue weighted by atomic mass is 10.2. The maximum absolute atomic E-state index is 12.7. The molecule has 0 aromatic heterocycles. The summed E-state index contributed by atoms with van der Waals surface area (Å²) >= 11 is 10.0. The molecule has 0 aliphatic carbocycles. The van der Waals surface area contributed by atoms with Crippen molar-refractivity contribution >= 4 is 61.9 Å². The Morgan fingerprint density at radius 3 is 2.72 bits per heavy atom. The van der Waals surface area contributed by atoms with Crippen molar-refractivity contribution in [3.8, 4) is 11.8 Å². The maximum Gasteiger partial charge on any atom is 0.270 e. The number of hydrogen-bond donors (Lipinski definition) is 0. The van der Waals surface area contributed by atoms with Crippen molar-refractivity contribution in [3.63, 3.8) is 0 Å². The number of carbonyl (C=O) groups is 1. The fraction of sp³-hybridized carbons (Fsp3) is 0.0556. The zero-order chi connectivity index (χ0) is 17.8. The number of thioether (sulfide) groups is 1. The van der Waals surface area contributed by atoms with E-state index in [1.165, 1.54) is 16.7 Å². The predicted molar refractivity (Wildman–Crippen MR) is 107 cm³/mol. The van der Waals surface area contributed by atoms with E-state index in [1.54, 1.807) is 12.1 Å². The van der Waals surface area contributed by atoms with Crippen LogP contribution in [0.3, 0.4) is 0 Å². The van der Waals surface area contributed by atoms with Gasteiger partial charge < -0.3 is 4.74 Å². The molecule has 0 radical (unpaired) electrons. The molecule has 1 aliphatic heterocycles. The molecule has 1 fully saturated rings. The number of benzene rings is 2. The summed E-state index contributed by atoms with van der Waals surface area (Å²) in [6.07, 6.45) is 1.79. The van der Waals surface area contributed by atoms with Gasteiger partial charge in [0, 0.05) is 0 Å². The fourth-order valence-corrected chi connectivity index (χ4v) is 4.06. The molecule has 0 spiro atoms. The predicted octanol–water partition coefficient (Wildman–Crippen LogP) is 4.76. The average Bonchev–Trinajstić information content (AvgIpc) is 2.88. The monoisotopic (exact) mass is 430 g/mol. The molecule has 2 aromatic rings. The Hall–Kier alpha value is -2.14. The number of nitriles is 1. The molecule has 0 unspecified atom stereocenters. The molecular formula is C18H11BrN2O2S2. The highest BCUT2D eigenvalue weighted by molar-refractivity contribution is 9.10. The third kappa shape index (κ3) is 3.93. The molecule has 1 amide bonds. The zero-order valence-electron chi connectivity index (χ0n) is 12.8. The van der Waals surface area contributed by atoms with E-state index in [4.69, 9.17) is 22.2 Å². The van der Waals surface area contributed by atoms with Crippen molar-refractivity contribution in [1.29, 1.82) is 5.26 Å². The Labute approximate surface area is 163 Å². The molecule has 2 aromatic carbocycles. The minimum atomic E-state index is -0.137. The standard InChI is InChI=1S/C18H11BrN2O2S2/c19-14-10-12(6-7-15(14)23-9-8-20)11-16-17(22)21(18(24)25-16)13-4-2-1-3-5-13/h1-7,10-11H,9H2/b16-11+. The number of anilines is 1. The van der Waals surface area contributed by atoms with E-state index >= 15 is 0 Å². The molecular weight excluding hydrogens is 420 g/mol. The Balaban J connectivity index is 1.85. The van der Waals surface area contributed by atoms with Gasteiger partial charge in [0.1, 0.15) is 11.8 Å². The second-order valence-electron chi connectivity index (χ2n) is 4.99. The lowest BCUT2D eigenvalue weighted by molar-refractivity contribution is -0.113. The fourth-order valence-electron chi connectivity index (χ4n) is 2.25. The van der Waals surface area contributed by atoms with Gasteiger partial charge in [-0.1, -0.05) is 48.2 Å². The van der Waals surface area contributed by atoms with Gasteiger partial charge in [0.25, 0.3) is 5.91 Å². The summed E-state index contributed by atoms with van der Waals surface area (Å²) in [7, 11) is 0. The van der Waals surface area contributed by atoms with Crippen molar-refractivity contribution in [2.45, 2.75) is 0 Å². The molecule has 124 valence electrons. The minimum Gasteiger partial charge on any atom is -0.478 e. The molecule has 0 bridgehead atoms. The normalized spacial score (nSPS) is 15.5. The number of ether oxygens (including phenoxy) is 1. The van der Waals surface area contributed by atoms with Crippen LogP contribution in [0.1, 0.15) is 5.56 Å². The van der Waals surface area contributed by atoms with Crippen LogP contribution in [0, 0.1) is 11.3 Å². The van der Waals surface area contributed by atoms with Crippen molar-refractivity contribution in [3.05, 3.63) is 63.5 Å². The number of carbonyl (C=O) groups excluding carboxylic acids is 1. The number of para-hydroxylation sites is 1. The summed E-state index contributed by atoms with van der Waals surface area (Å²) in [5, 5.41) is 8.58. The summed E-state index contributed by atoms with van der Waals surface area (Å²) in [6.45, 7) is -0.0202. The van der Waals surface area contributed by atoms with Crippen LogP contribution in [-0.4, -0.2) is 16.8 Å². The van der Waals surface area contributed by atoms with Crippen LogP contribution in [0.15, 0.2) is 57.9 Å². The number of hydrogen-bond acceptors (Lipinski definition) is 5. The molecule has 25 heavy (non-hydrogen) atoms. The van der Waals surface area contributed by atoms with Gasteiger partial charge in [-0.2, -0.15) is 5.26 Å². The first-order valence-corrected chi connectivity index (χ1v) is 9.24. The number of nitrogens with zero attached hydrogens (tertiary/aromatic N) is 2. The average molecular weight is 431 g/mol. The van der Waals surface area contributed by atoms with Gasteiger partial charge in [-0.15, -0.1) is 0 Å². The van der Waals surface area contributed by atoms with E-state index in [2.05, 4.69) is 15.9 Å². The summed E-state index contributed by atoms with van der Waals surface area (Å²) in [4.78, 5) is 14.8. The number of amides is 1. The second-order valence-corrected chi connectivity index (χ2v) is 7.52. The van der Waals surface area contributed by atoms with Gasteiger partial charge in [0.05, 0.1) is 15.1 Å². The van der Waals surface area contributed by atoms with Gasteiger partial charge in [-0.05, 0) is 51.8 Å². The van der Waals surface area contributed by atoms with Gasteiger partial charge >= 0.3 is 0 Å². The Bertz CT molecular complexity index is 907. The third-order valence-corrected chi connectivity index (χ3v) is 5.28. The highest BCUT2D eigenvalue weighted by Crippen LogP contribution is 2.36. The van der Waals surface area contributed by atoms with E-state index in [-0.39, 0.29) is 12.5 Å². The van der Waals surface area contributed by atoms with Crippen molar-refractivity contribution in [2.75, 3.05) is 11.5 Å². The molecule has 0 atom stereocenters. The smallest absolute Gasteiger partial charge is 0.270 e. The maximum atomic E-state index is 12.7. The number of thiocarbonyl (C=S) groups is 1. The Kier molecular flexibility index (Phi) is 5.53. The van der Waals surface area contributed by atoms with Crippen LogP contribution >= 0.6 is 39.9 Å². The van der Waals surface area contributed by atoms with E-state index in [9.17, 15) is 4.79 Å². The molecule has 7 heteroatoms. The molecule has 0 N–H and O–H groups in total. The molecule has 0 saturated carbocycles. The SMILES string of the molecule is N#CCOc1ccc(/C=C2/SC(=S)N(c3ccccc3)C2=O)cc1Br. The topological polar surface area (TPSA) is 53.3 Å². The van der Waals surface area contributed by atoms with Crippen LogP contribution in [0.2, 0.25) is 0 Å². The first kappa shape index (κ1) is 17.7. The van der Waals surface area contributed by atoms with Crippen LogP contribution in [0.4, 0.5) is 5.69 Å². The minimum absolute atomic E-state index is 0.0202. The van der Waals surface area contributed by atoms with Crippen LogP contribution in [0.5, 0.6) is 5.75 Å². The van der Waals surface area contributed by atoms with Gasteiger partial charge in [-0.3, -0.25) is 9.69 Å². The van der Waals surface area contributed by atoms with Crippen molar-refractivity contribution < 1.29 is 9.53 Å². The Morgan fingerprint density at radius 1 is 1.28 bits per heavy atom. The highest BCUT2D eigenvalue weighted by Gasteiger charge is 2.33. The Morgan fingerprint density at radius 2 is 2.04 bits per heavy atom. The number of halogens is 1. The van der Waals surface area contributed by atoms with E-state index in [0.717, 1.165) is 15.7 Å². The molecule has 1 aliphatic rings. The summed E-state index contributed by atoms with van der Waals surface area (Å²) in [5.74, 6) is 0.442. The summed E-state index contributed by atoms with van der Waals surface area (Å²) < 4.78 is 6.52. The van der Waals surface area contributed by atoms with Crippen molar-refractivity contribution in [1.82, 2.24) is 0 Å². The van der Waals surface area contributed by atoms with Crippen LogP contribution < -0.4 is 9.64 Å². The highest BCUT2D eigenvalue weighted by atomic mass is 79.9. The molecule has 4 nitrogen and oxygen atoms in total. The van der Waals surface area contributed by atoms with Gasteiger partial charge in [0.2, 0.25) is 0 Å². The lowest BCUT2D eigenvalue weighted by Crippen LogP contribution is -2.27. The van der Waals surface area contributed by atoms with E-state index < -0.39 is 0 Å². The molecule has 1 saturated heterocycles. The van der Waals surface area contributed by atoms with Crippen molar-refractivity contribution in [2.24, 2.45) is 0 Å². The summed E-state index contributed by atoms with van der Waals surface area (Å²) in [5.41, 5.74) is 1.60. The van der Waals surface area contributed by atoms with E-state index in [0.29, 0.717) is 15.0 Å². The largest absolute Gasteiger partial charge is 0.478 e. The van der Waals surface area contributed by atoms with Crippen LogP contribution in [0.25, 0.3) is 6.08 Å². The quantitative estimate of drug-likeness (QED) is 0.516. The zero-order valence-corrected chi connectivity index (χ0v) is 16.0. The third-order valence-electron chi connectivity index (χ3n) is 3.35. The van der Waals surface area contributed by atoms with Gasteiger partial charge in [-0.25, -0.2) is 0 Å². The van der Waals surface area contributed by atoms with Crippen LogP contribution in [-0.2, 0) is 4.79 Å². The van der Waals surface area contributed by atoms with E-state index in [1.807, 2.05) is 48.5 Å².